The van der Waals surface area contributed by atoms with Gasteiger partial charge in [0.05, 0.1) is 17.6 Å². The maximum absolute atomic E-state index is 5.19. The molecule has 0 fully saturated rings. The Hall–Kier alpha value is -2.44. The highest BCUT2D eigenvalue weighted by Gasteiger charge is 2.17. The highest BCUT2D eigenvalue weighted by Crippen LogP contribution is 2.27. The molecule has 3 rings (SSSR count). The van der Waals surface area contributed by atoms with Crippen LogP contribution in [0, 0.1) is 13.8 Å². The van der Waals surface area contributed by atoms with Gasteiger partial charge >= 0.3 is 0 Å². The molecular weight excluding hydrogens is 256 g/mol. The predicted molar refractivity (Wildman–Crippen MR) is 75.4 cm³/mol. The first-order chi connectivity index (χ1) is 9.70. The summed E-state index contributed by atoms with van der Waals surface area (Å²) in [6, 6.07) is 0. The monoisotopic (exact) mass is 272 g/mol. The molecule has 104 valence electrons. The predicted octanol–water partition coefficient (Wildman–Crippen LogP) is 2.45. The number of aromatic nitrogens is 5. The van der Waals surface area contributed by atoms with Crippen LogP contribution in [0.25, 0.3) is 22.6 Å². The van der Waals surface area contributed by atoms with Crippen LogP contribution in [0.1, 0.15) is 24.8 Å². The molecule has 0 radical (unpaired) electrons. The third-order valence-electron chi connectivity index (χ3n) is 3.09. The molecule has 0 aliphatic carbocycles. The number of aryl methyl sites for hydroxylation is 2. The molecule has 0 aliphatic heterocycles. The fraction of sp³-hybridized carbons (Fsp3) is 0.385. The maximum Gasteiger partial charge on any atom is 0.183 e. The van der Waals surface area contributed by atoms with Crippen LogP contribution in [-0.4, -0.2) is 31.6 Å². The molecule has 0 spiro atoms. The second-order valence-corrected chi connectivity index (χ2v) is 4.62. The summed E-state index contributed by atoms with van der Waals surface area (Å²) < 4.78 is 5.19. The van der Waals surface area contributed by atoms with Crippen molar-refractivity contribution in [1.82, 2.24) is 25.1 Å². The Balaban J connectivity index is 2.17. The van der Waals surface area contributed by atoms with E-state index in [1.165, 1.54) is 0 Å². The average Bonchev–Trinajstić information content (AvgIpc) is 3.02. The van der Waals surface area contributed by atoms with Gasteiger partial charge in [0.2, 0.25) is 0 Å². The van der Waals surface area contributed by atoms with Crippen LogP contribution in [0.3, 0.4) is 0 Å². The molecule has 7 nitrogen and oxygen atoms in total. The minimum atomic E-state index is 0.583. The first-order valence-corrected chi connectivity index (χ1v) is 6.59. The Kier molecular flexibility index (Phi) is 3.09. The fourth-order valence-electron chi connectivity index (χ4n) is 2.12. The van der Waals surface area contributed by atoms with E-state index in [2.05, 4.69) is 37.3 Å². The number of hydrogen-bond acceptors (Lipinski definition) is 6. The van der Waals surface area contributed by atoms with Gasteiger partial charge < -0.3 is 14.8 Å². The molecular formula is C13H16N6O. The Labute approximate surface area is 115 Å². The first kappa shape index (κ1) is 12.6. The number of H-pyrrole nitrogens is 1. The number of nitrogens with one attached hydrogen (secondary N) is 2. The number of aromatic amines is 1. The van der Waals surface area contributed by atoms with Gasteiger partial charge in [-0.2, -0.15) is 0 Å². The van der Waals surface area contributed by atoms with Crippen molar-refractivity contribution in [3.05, 3.63) is 17.8 Å². The molecule has 0 aromatic carbocycles. The van der Waals surface area contributed by atoms with E-state index in [1.807, 2.05) is 13.8 Å². The smallest absolute Gasteiger partial charge is 0.183 e. The summed E-state index contributed by atoms with van der Waals surface area (Å²) in [5.74, 6) is 2.04. The minimum absolute atomic E-state index is 0.583. The standard InChI is InChI=1S/C13H16N6O/c1-4-5-14-12-10-13(16-6-15-10)18-11(17-12)9-7(2)19-20-8(9)3/h6H,4-5H2,1-3H3,(H2,14,15,16,17,18). The van der Waals surface area contributed by atoms with Gasteiger partial charge in [-0.15, -0.1) is 0 Å². The van der Waals surface area contributed by atoms with Crippen LogP contribution in [-0.2, 0) is 0 Å². The lowest BCUT2D eigenvalue weighted by Crippen LogP contribution is -2.05. The van der Waals surface area contributed by atoms with E-state index in [1.54, 1.807) is 6.33 Å². The minimum Gasteiger partial charge on any atom is -0.368 e. The summed E-state index contributed by atoms with van der Waals surface area (Å²) >= 11 is 0. The SMILES string of the molecule is CCCNc1nc(-c2c(C)noc2C)nc2nc[nH]c12. The van der Waals surface area contributed by atoms with Crippen LogP contribution in [0.2, 0.25) is 0 Å². The quantitative estimate of drug-likeness (QED) is 0.757. The molecule has 0 saturated heterocycles. The van der Waals surface area contributed by atoms with E-state index in [4.69, 9.17) is 4.52 Å². The van der Waals surface area contributed by atoms with Gasteiger partial charge in [0.15, 0.2) is 17.3 Å². The number of anilines is 1. The van der Waals surface area contributed by atoms with Crippen LogP contribution in [0.5, 0.6) is 0 Å². The van der Waals surface area contributed by atoms with Crippen molar-refractivity contribution in [2.45, 2.75) is 27.2 Å². The van der Waals surface area contributed by atoms with E-state index in [9.17, 15) is 0 Å². The van der Waals surface area contributed by atoms with Crippen molar-refractivity contribution in [3.63, 3.8) is 0 Å². The molecule has 20 heavy (non-hydrogen) atoms. The summed E-state index contributed by atoms with van der Waals surface area (Å²) in [4.78, 5) is 16.3. The zero-order valence-electron chi connectivity index (χ0n) is 11.7. The molecule has 7 heteroatoms. The molecule has 0 bridgehead atoms. The molecule has 0 amide bonds. The van der Waals surface area contributed by atoms with E-state index in [0.717, 1.165) is 35.6 Å². The van der Waals surface area contributed by atoms with Gasteiger partial charge in [-0.05, 0) is 20.3 Å². The molecule has 0 unspecified atom stereocenters. The second kappa shape index (κ2) is 4.92. The van der Waals surface area contributed by atoms with Crippen LogP contribution in [0.15, 0.2) is 10.9 Å². The van der Waals surface area contributed by atoms with E-state index in [-0.39, 0.29) is 0 Å². The molecule has 0 saturated carbocycles. The largest absolute Gasteiger partial charge is 0.368 e. The Bertz CT molecular complexity index is 725. The zero-order valence-corrected chi connectivity index (χ0v) is 11.7. The van der Waals surface area contributed by atoms with E-state index in [0.29, 0.717) is 17.2 Å². The van der Waals surface area contributed by atoms with Gasteiger partial charge in [0, 0.05) is 6.54 Å². The van der Waals surface area contributed by atoms with E-state index < -0.39 is 0 Å². The van der Waals surface area contributed by atoms with Crippen molar-refractivity contribution >= 4 is 17.0 Å². The zero-order chi connectivity index (χ0) is 14.1. The van der Waals surface area contributed by atoms with Crippen LogP contribution >= 0.6 is 0 Å². The highest BCUT2D eigenvalue weighted by molar-refractivity contribution is 5.84. The van der Waals surface area contributed by atoms with Crippen molar-refractivity contribution in [2.75, 3.05) is 11.9 Å². The molecule has 0 aliphatic rings. The average molecular weight is 272 g/mol. The summed E-state index contributed by atoms with van der Waals surface area (Å²) in [7, 11) is 0. The number of hydrogen-bond donors (Lipinski definition) is 2. The molecule has 3 heterocycles. The number of nitrogens with zero attached hydrogens (tertiary/aromatic N) is 4. The van der Waals surface area contributed by atoms with Crippen molar-refractivity contribution in [3.8, 4) is 11.4 Å². The number of fused-ring (bicyclic) bond motifs is 1. The molecule has 0 atom stereocenters. The number of rotatable bonds is 4. The highest BCUT2D eigenvalue weighted by atomic mass is 16.5. The van der Waals surface area contributed by atoms with Gasteiger partial charge in [0.25, 0.3) is 0 Å². The van der Waals surface area contributed by atoms with Crippen molar-refractivity contribution in [1.29, 1.82) is 0 Å². The summed E-state index contributed by atoms with van der Waals surface area (Å²) in [5, 5.41) is 7.24. The lowest BCUT2D eigenvalue weighted by atomic mass is 10.2. The Morgan fingerprint density at radius 3 is 2.85 bits per heavy atom. The lowest BCUT2D eigenvalue weighted by Gasteiger charge is -2.07. The van der Waals surface area contributed by atoms with Crippen molar-refractivity contribution < 1.29 is 4.52 Å². The summed E-state index contributed by atoms with van der Waals surface area (Å²) in [6.07, 6.45) is 2.63. The lowest BCUT2D eigenvalue weighted by molar-refractivity contribution is 0.393. The summed E-state index contributed by atoms with van der Waals surface area (Å²) in [5.41, 5.74) is 3.05. The fourth-order valence-corrected chi connectivity index (χ4v) is 2.12. The van der Waals surface area contributed by atoms with Gasteiger partial charge in [-0.25, -0.2) is 15.0 Å². The molecule has 3 aromatic rings. The maximum atomic E-state index is 5.19. The normalized spacial score (nSPS) is 11.2. The second-order valence-electron chi connectivity index (χ2n) is 4.62. The van der Waals surface area contributed by atoms with Crippen LogP contribution < -0.4 is 5.32 Å². The van der Waals surface area contributed by atoms with E-state index >= 15 is 0 Å². The van der Waals surface area contributed by atoms with Gasteiger partial charge in [-0.1, -0.05) is 12.1 Å². The van der Waals surface area contributed by atoms with Crippen LogP contribution in [0.4, 0.5) is 5.82 Å². The van der Waals surface area contributed by atoms with Gasteiger partial charge in [0.1, 0.15) is 11.3 Å². The third kappa shape index (κ3) is 2.01. The summed E-state index contributed by atoms with van der Waals surface area (Å²) in [6.45, 7) is 6.68. The van der Waals surface area contributed by atoms with Crippen molar-refractivity contribution in [2.24, 2.45) is 0 Å². The Morgan fingerprint density at radius 1 is 1.30 bits per heavy atom. The number of imidazole rings is 1. The molecule has 2 N–H and O–H groups in total. The van der Waals surface area contributed by atoms with Gasteiger partial charge in [-0.3, -0.25) is 0 Å². The first-order valence-electron chi connectivity index (χ1n) is 6.59. The topological polar surface area (TPSA) is 92.5 Å². The third-order valence-corrected chi connectivity index (χ3v) is 3.09. The Morgan fingerprint density at radius 2 is 2.15 bits per heavy atom. The molecule has 3 aromatic heterocycles.